The van der Waals surface area contributed by atoms with Crippen molar-refractivity contribution in [2.75, 3.05) is 6.61 Å². The van der Waals surface area contributed by atoms with Crippen LogP contribution in [0.3, 0.4) is 0 Å². The normalized spacial score (nSPS) is 10.3. The van der Waals surface area contributed by atoms with E-state index in [2.05, 4.69) is 36.4 Å². The summed E-state index contributed by atoms with van der Waals surface area (Å²) in [5, 5.41) is 0. The zero-order valence-corrected chi connectivity index (χ0v) is 9.46. The Balaban J connectivity index is 2.48. The molecule has 12 heavy (non-hydrogen) atoms. The lowest BCUT2D eigenvalue weighted by Crippen LogP contribution is -2.02. The fraction of sp³-hybridized carbons (Fsp3) is 0.300. The van der Waals surface area contributed by atoms with E-state index in [-0.39, 0.29) is 0 Å². The molecule has 0 atom stereocenters. The van der Waals surface area contributed by atoms with Crippen molar-refractivity contribution in [2.24, 2.45) is 0 Å². The topological polar surface area (TPSA) is 9.23 Å². The Labute approximate surface area is 87.3 Å². The summed E-state index contributed by atoms with van der Waals surface area (Å²) in [6.07, 6.45) is 0. The molecule has 0 saturated carbocycles. The van der Waals surface area contributed by atoms with E-state index in [0.717, 1.165) is 5.75 Å². The summed E-state index contributed by atoms with van der Waals surface area (Å²) in [4.78, 5) is 0. The van der Waals surface area contributed by atoms with Crippen molar-refractivity contribution in [2.45, 2.75) is 13.8 Å². The van der Waals surface area contributed by atoms with Crippen LogP contribution in [0.25, 0.3) is 0 Å². The van der Waals surface area contributed by atoms with Gasteiger partial charge in [0.1, 0.15) is 5.75 Å². The summed E-state index contributed by atoms with van der Waals surface area (Å²) in [6.45, 7) is 4.83. The first-order valence-electron chi connectivity index (χ1n) is 3.86. The maximum atomic E-state index is 5.48. The lowest BCUT2D eigenvalue weighted by molar-refractivity contribution is 0.332. The van der Waals surface area contributed by atoms with E-state index in [9.17, 15) is 0 Å². The molecule has 1 aromatic rings. The van der Waals surface area contributed by atoms with Gasteiger partial charge in [-0.05, 0) is 46.9 Å². The van der Waals surface area contributed by atoms with Crippen LogP contribution in [0, 0.1) is 9.49 Å². The third-order valence-corrected chi connectivity index (χ3v) is 2.06. The highest BCUT2D eigenvalue weighted by atomic mass is 127. The third kappa shape index (κ3) is 3.43. The highest BCUT2D eigenvalue weighted by Crippen LogP contribution is 2.14. The lowest BCUT2D eigenvalue weighted by Gasteiger charge is -2.07. The predicted octanol–water partition coefficient (Wildman–Crippen LogP) is 3.28. The minimum absolute atomic E-state index is 0.709. The molecule has 0 amide bonds. The molecule has 0 bridgehead atoms. The van der Waals surface area contributed by atoms with Crippen molar-refractivity contribution in [3.8, 4) is 5.75 Å². The van der Waals surface area contributed by atoms with Crippen LogP contribution in [0.2, 0.25) is 0 Å². The monoisotopic (exact) mass is 275 g/mol. The SMILES string of the molecule is C[C](C)COc1ccc(I)cc1. The number of rotatable bonds is 3. The van der Waals surface area contributed by atoms with Crippen LogP contribution in [0.1, 0.15) is 13.8 Å². The van der Waals surface area contributed by atoms with Crippen LogP contribution < -0.4 is 4.74 Å². The van der Waals surface area contributed by atoms with Gasteiger partial charge in [-0.15, -0.1) is 0 Å². The highest BCUT2D eigenvalue weighted by molar-refractivity contribution is 14.1. The molecular formula is C10H12IO. The molecule has 0 aliphatic rings. The third-order valence-electron chi connectivity index (χ3n) is 1.34. The van der Waals surface area contributed by atoms with E-state index in [4.69, 9.17) is 4.74 Å². The molecule has 0 heterocycles. The minimum atomic E-state index is 0.709. The molecule has 0 fully saturated rings. The van der Waals surface area contributed by atoms with E-state index in [1.807, 2.05) is 24.3 Å². The molecule has 0 saturated heterocycles. The van der Waals surface area contributed by atoms with E-state index in [1.165, 1.54) is 9.49 Å². The number of hydrogen-bond donors (Lipinski definition) is 0. The largest absolute Gasteiger partial charge is 0.493 e. The van der Waals surface area contributed by atoms with Crippen LogP contribution in [0.15, 0.2) is 24.3 Å². The van der Waals surface area contributed by atoms with Gasteiger partial charge >= 0.3 is 0 Å². The molecule has 1 rings (SSSR count). The molecule has 0 aliphatic carbocycles. The molecule has 1 aromatic carbocycles. The Morgan fingerprint density at radius 1 is 1.25 bits per heavy atom. The second kappa shape index (κ2) is 4.70. The highest BCUT2D eigenvalue weighted by Gasteiger charge is 1.96. The number of ether oxygens (including phenoxy) is 1. The fourth-order valence-electron chi connectivity index (χ4n) is 0.758. The first kappa shape index (κ1) is 9.84. The van der Waals surface area contributed by atoms with E-state index in [1.54, 1.807) is 0 Å². The van der Waals surface area contributed by atoms with Crippen LogP contribution in [-0.4, -0.2) is 6.61 Å². The molecule has 0 N–H and O–H groups in total. The molecule has 1 radical (unpaired) electrons. The van der Waals surface area contributed by atoms with Crippen molar-refractivity contribution < 1.29 is 4.74 Å². The molecule has 1 nitrogen and oxygen atoms in total. The summed E-state index contributed by atoms with van der Waals surface area (Å²) >= 11 is 2.28. The van der Waals surface area contributed by atoms with Crippen LogP contribution >= 0.6 is 22.6 Å². The molecule has 0 aliphatic heterocycles. The summed E-state index contributed by atoms with van der Waals surface area (Å²) in [5.41, 5.74) is 0. The second-order valence-electron chi connectivity index (χ2n) is 2.95. The molecule has 0 unspecified atom stereocenters. The van der Waals surface area contributed by atoms with Gasteiger partial charge in [-0.3, -0.25) is 0 Å². The van der Waals surface area contributed by atoms with Gasteiger partial charge in [-0.2, -0.15) is 0 Å². The minimum Gasteiger partial charge on any atom is -0.493 e. The first-order chi connectivity index (χ1) is 5.68. The van der Waals surface area contributed by atoms with Gasteiger partial charge in [0.25, 0.3) is 0 Å². The summed E-state index contributed by atoms with van der Waals surface area (Å²) in [7, 11) is 0. The molecular weight excluding hydrogens is 263 g/mol. The van der Waals surface area contributed by atoms with Gasteiger partial charge in [0.2, 0.25) is 0 Å². The lowest BCUT2D eigenvalue weighted by atomic mass is 10.2. The zero-order chi connectivity index (χ0) is 8.97. The predicted molar refractivity (Wildman–Crippen MR) is 59.2 cm³/mol. The number of halogens is 1. The van der Waals surface area contributed by atoms with Gasteiger partial charge in [0.05, 0.1) is 6.61 Å². The Morgan fingerprint density at radius 3 is 2.33 bits per heavy atom. The Morgan fingerprint density at radius 2 is 1.83 bits per heavy atom. The fourth-order valence-corrected chi connectivity index (χ4v) is 1.12. The number of benzene rings is 1. The quantitative estimate of drug-likeness (QED) is 0.769. The average molecular weight is 275 g/mol. The van der Waals surface area contributed by atoms with E-state index >= 15 is 0 Å². The van der Waals surface area contributed by atoms with Crippen molar-refractivity contribution in [3.63, 3.8) is 0 Å². The van der Waals surface area contributed by atoms with Crippen LogP contribution in [-0.2, 0) is 0 Å². The summed E-state index contributed by atoms with van der Waals surface area (Å²) in [6, 6.07) is 8.07. The zero-order valence-electron chi connectivity index (χ0n) is 7.30. The van der Waals surface area contributed by atoms with Crippen LogP contribution in [0.4, 0.5) is 0 Å². The van der Waals surface area contributed by atoms with Gasteiger partial charge in [0.15, 0.2) is 0 Å². The molecule has 0 spiro atoms. The number of hydrogen-bond acceptors (Lipinski definition) is 1. The molecule has 0 aromatic heterocycles. The maximum absolute atomic E-state index is 5.48. The van der Waals surface area contributed by atoms with Crippen LogP contribution in [0.5, 0.6) is 5.75 Å². The van der Waals surface area contributed by atoms with Gasteiger partial charge < -0.3 is 4.74 Å². The van der Waals surface area contributed by atoms with Crippen molar-refractivity contribution in [1.82, 2.24) is 0 Å². The second-order valence-corrected chi connectivity index (χ2v) is 4.20. The molecule has 65 valence electrons. The smallest absolute Gasteiger partial charge is 0.119 e. The van der Waals surface area contributed by atoms with Gasteiger partial charge in [-0.1, -0.05) is 13.8 Å². The van der Waals surface area contributed by atoms with E-state index < -0.39 is 0 Å². The van der Waals surface area contributed by atoms with Crippen molar-refractivity contribution in [1.29, 1.82) is 0 Å². The Hall–Kier alpha value is -0.250. The molecule has 2 heteroatoms. The summed E-state index contributed by atoms with van der Waals surface area (Å²) < 4.78 is 6.72. The van der Waals surface area contributed by atoms with E-state index in [0.29, 0.717) is 6.61 Å². The first-order valence-corrected chi connectivity index (χ1v) is 4.94. The van der Waals surface area contributed by atoms with Crippen molar-refractivity contribution >= 4 is 22.6 Å². The van der Waals surface area contributed by atoms with Crippen molar-refractivity contribution in [3.05, 3.63) is 33.8 Å². The Kier molecular flexibility index (Phi) is 3.85. The van der Waals surface area contributed by atoms with Gasteiger partial charge in [-0.25, -0.2) is 0 Å². The van der Waals surface area contributed by atoms with Gasteiger partial charge in [0, 0.05) is 9.49 Å². The average Bonchev–Trinajstić information content (AvgIpc) is 2.03. The Bertz CT molecular complexity index is 228. The standard InChI is InChI=1S/C10H12IO/c1-8(2)7-12-10-5-3-9(11)4-6-10/h3-6H,7H2,1-2H3. The maximum Gasteiger partial charge on any atom is 0.119 e. The summed E-state index contributed by atoms with van der Waals surface area (Å²) in [5.74, 6) is 2.23.